The lowest BCUT2D eigenvalue weighted by Gasteiger charge is -2.17. The van der Waals surface area contributed by atoms with E-state index in [0.29, 0.717) is 11.8 Å². The predicted octanol–water partition coefficient (Wildman–Crippen LogP) is 2.13. The smallest absolute Gasteiger partial charge is 0.118 e. The van der Waals surface area contributed by atoms with E-state index < -0.39 is 0 Å². The molecule has 0 aliphatic carbocycles. The van der Waals surface area contributed by atoms with E-state index in [4.69, 9.17) is 0 Å². The molecule has 2 N–H and O–H groups in total. The highest BCUT2D eigenvalue weighted by atomic mass is 16.3. The van der Waals surface area contributed by atoms with E-state index >= 15 is 0 Å². The van der Waals surface area contributed by atoms with Gasteiger partial charge in [-0.25, -0.2) is 0 Å². The number of nitrogens with one attached hydrogen (secondary N) is 1. The molecule has 0 aromatic heterocycles. The number of phenolic OH excluding ortho intramolecular Hbond substituents is 1. The van der Waals surface area contributed by atoms with E-state index in [-0.39, 0.29) is 0 Å². The summed E-state index contributed by atoms with van der Waals surface area (Å²) in [6.45, 7) is 6.22. The van der Waals surface area contributed by atoms with Gasteiger partial charge in [-0.1, -0.05) is 0 Å². The predicted molar refractivity (Wildman–Crippen MR) is 67.1 cm³/mol. The summed E-state index contributed by atoms with van der Waals surface area (Å²) in [5.74, 6) is 0.381. The number of benzene rings is 1. The average Bonchev–Trinajstić information content (AvgIpc) is 2.60. The third kappa shape index (κ3) is 2.30. The van der Waals surface area contributed by atoms with Crippen LogP contribution in [0, 0.1) is 13.8 Å². The van der Waals surface area contributed by atoms with Gasteiger partial charge in [-0.2, -0.15) is 0 Å². The number of hydrogen-bond donors (Lipinski definition) is 2. The monoisotopic (exact) mass is 220 g/mol. The van der Waals surface area contributed by atoms with Crippen LogP contribution in [0.3, 0.4) is 0 Å². The number of likely N-dealkylation sites (tertiary alicyclic amines) is 1. The van der Waals surface area contributed by atoms with E-state index in [1.165, 1.54) is 6.42 Å². The van der Waals surface area contributed by atoms with Crippen molar-refractivity contribution in [1.29, 1.82) is 0 Å². The van der Waals surface area contributed by atoms with Crippen LogP contribution in [-0.2, 0) is 0 Å². The number of aryl methyl sites for hydroxylation is 2. The molecular weight excluding hydrogens is 200 g/mol. The molecule has 0 radical (unpaired) electrons. The summed E-state index contributed by atoms with van der Waals surface area (Å²) in [7, 11) is 2.15. The van der Waals surface area contributed by atoms with Gasteiger partial charge in [0.25, 0.3) is 0 Å². The largest absolute Gasteiger partial charge is 0.508 e. The zero-order valence-electron chi connectivity index (χ0n) is 10.2. The SMILES string of the molecule is Cc1cc(NC2CCN(C)C2)c(C)cc1O. The Morgan fingerprint density at radius 2 is 2.06 bits per heavy atom. The molecule has 1 heterocycles. The summed E-state index contributed by atoms with van der Waals surface area (Å²) in [4.78, 5) is 2.33. The van der Waals surface area contributed by atoms with Crippen molar-refractivity contribution in [3.05, 3.63) is 23.3 Å². The summed E-state index contributed by atoms with van der Waals surface area (Å²) < 4.78 is 0. The number of aromatic hydroxyl groups is 1. The molecule has 1 unspecified atom stereocenters. The van der Waals surface area contributed by atoms with E-state index in [9.17, 15) is 5.11 Å². The first-order chi connectivity index (χ1) is 7.56. The molecule has 1 atom stereocenters. The molecule has 1 fully saturated rings. The number of phenols is 1. The fourth-order valence-corrected chi connectivity index (χ4v) is 2.23. The summed E-state index contributed by atoms with van der Waals surface area (Å²) in [6.07, 6.45) is 1.19. The van der Waals surface area contributed by atoms with Crippen molar-refractivity contribution in [2.75, 3.05) is 25.5 Å². The number of rotatable bonds is 2. The van der Waals surface area contributed by atoms with Gasteiger partial charge in [-0.15, -0.1) is 0 Å². The van der Waals surface area contributed by atoms with Crippen LogP contribution in [0.4, 0.5) is 5.69 Å². The van der Waals surface area contributed by atoms with Crippen molar-refractivity contribution in [3.8, 4) is 5.75 Å². The molecule has 1 aliphatic heterocycles. The van der Waals surface area contributed by atoms with Crippen molar-refractivity contribution in [1.82, 2.24) is 4.90 Å². The molecule has 1 aromatic rings. The fraction of sp³-hybridized carbons (Fsp3) is 0.538. The number of anilines is 1. The lowest BCUT2D eigenvalue weighted by Crippen LogP contribution is -2.23. The van der Waals surface area contributed by atoms with Gasteiger partial charge in [0.2, 0.25) is 0 Å². The lowest BCUT2D eigenvalue weighted by atomic mass is 10.1. The molecule has 88 valence electrons. The Labute approximate surface area is 97.1 Å². The topological polar surface area (TPSA) is 35.5 Å². The molecular formula is C13H20N2O. The average molecular weight is 220 g/mol. The summed E-state index contributed by atoms with van der Waals surface area (Å²) in [5, 5.41) is 13.1. The van der Waals surface area contributed by atoms with Crippen molar-refractivity contribution >= 4 is 5.69 Å². The highest BCUT2D eigenvalue weighted by Gasteiger charge is 2.19. The first kappa shape index (κ1) is 11.3. The zero-order chi connectivity index (χ0) is 11.7. The van der Waals surface area contributed by atoms with Crippen LogP contribution in [0.1, 0.15) is 17.5 Å². The Morgan fingerprint density at radius 3 is 2.69 bits per heavy atom. The fourth-order valence-electron chi connectivity index (χ4n) is 2.23. The van der Waals surface area contributed by atoms with Crippen molar-refractivity contribution in [2.24, 2.45) is 0 Å². The van der Waals surface area contributed by atoms with E-state index in [0.717, 1.165) is 29.9 Å². The summed E-state index contributed by atoms with van der Waals surface area (Å²) >= 11 is 0. The van der Waals surface area contributed by atoms with Crippen LogP contribution < -0.4 is 5.32 Å². The molecule has 3 nitrogen and oxygen atoms in total. The quantitative estimate of drug-likeness (QED) is 0.749. The molecule has 1 aromatic carbocycles. The van der Waals surface area contributed by atoms with Crippen molar-refractivity contribution < 1.29 is 5.11 Å². The lowest BCUT2D eigenvalue weighted by molar-refractivity contribution is 0.414. The van der Waals surface area contributed by atoms with E-state index in [2.05, 4.69) is 17.3 Å². The Balaban J connectivity index is 2.12. The van der Waals surface area contributed by atoms with Gasteiger partial charge < -0.3 is 15.3 Å². The van der Waals surface area contributed by atoms with Gasteiger partial charge >= 0.3 is 0 Å². The third-order valence-corrected chi connectivity index (χ3v) is 3.29. The second kappa shape index (κ2) is 4.34. The molecule has 3 heteroatoms. The van der Waals surface area contributed by atoms with Crippen molar-refractivity contribution in [2.45, 2.75) is 26.3 Å². The van der Waals surface area contributed by atoms with Gasteiger partial charge in [-0.05, 0) is 57.1 Å². The summed E-state index contributed by atoms with van der Waals surface area (Å²) in [6, 6.07) is 4.40. The second-order valence-corrected chi connectivity index (χ2v) is 4.85. The molecule has 1 aliphatic rings. The van der Waals surface area contributed by atoms with Gasteiger partial charge in [-0.3, -0.25) is 0 Å². The highest BCUT2D eigenvalue weighted by molar-refractivity contribution is 5.57. The molecule has 2 rings (SSSR count). The number of nitrogens with zero attached hydrogens (tertiary/aromatic N) is 1. The molecule has 0 amide bonds. The standard InChI is InChI=1S/C13H20N2O/c1-9-7-13(16)10(2)6-12(9)14-11-4-5-15(3)8-11/h6-7,11,14,16H,4-5,8H2,1-3H3. The second-order valence-electron chi connectivity index (χ2n) is 4.85. The number of likely N-dealkylation sites (N-methyl/N-ethyl adjacent to an activating group) is 1. The Morgan fingerprint density at radius 1 is 1.31 bits per heavy atom. The van der Waals surface area contributed by atoms with Gasteiger partial charge in [0.15, 0.2) is 0 Å². The molecule has 1 saturated heterocycles. The van der Waals surface area contributed by atoms with E-state index in [1.807, 2.05) is 26.0 Å². The van der Waals surface area contributed by atoms with Crippen LogP contribution in [0.2, 0.25) is 0 Å². The van der Waals surface area contributed by atoms with Crippen LogP contribution in [0.25, 0.3) is 0 Å². The van der Waals surface area contributed by atoms with Crippen molar-refractivity contribution in [3.63, 3.8) is 0 Å². The number of hydrogen-bond acceptors (Lipinski definition) is 3. The first-order valence-electron chi connectivity index (χ1n) is 5.81. The normalized spacial score (nSPS) is 21.3. The minimum Gasteiger partial charge on any atom is -0.508 e. The van der Waals surface area contributed by atoms with Crippen LogP contribution in [0.5, 0.6) is 5.75 Å². The molecule has 0 bridgehead atoms. The molecule has 16 heavy (non-hydrogen) atoms. The van der Waals surface area contributed by atoms with Gasteiger partial charge in [0, 0.05) is 18.3 Å². The van der Waals surface area contributed by atoms with Gasteiger partial charge in [0.05, 0.1) is 0 Å². The maximum Gasteiger partial charge on any atom is 0.118 e. The van der Waals surface area contributed by atoms with Crippen LogP contribution in [-0.4, -0.2) is 36.2 Å². The maximum atomic E-state index is 9.59. The summed E-state index contributed by atoms with van der Waals surface area (Å²) in [5.41, 5.74) is 3.19. The van der Waals surface area contributed by atoms with Crippen LogP contribution in [0.15, 0.2) is 12.1 Å². The van der Waals surface area contributed by atoms with Gasteiger partial charge in [0.1, 0.15) is 5.75 Å². The molecule has 0 spiro atoms. The van der Waals surface area contributed by atoms with Crippen LogP contribution >= 0.6 is 0 Å². The molecule has 0 saturated carbocycles. The zero-order valence-corrected chi connectivity index (χ0v) is 10.2. The minimum absolute atomic E-state index is 0.381. The highest BCUT2D eigenvalue weighted by Crippen LogP contribution is 2.26. The van der Waals surface area contributed by atoms with E-state index in [1.54, 1.807) is 0 Å². The Hall–Kier alpha value is -1.22. The Kier molecular flexibility index (Phi) is 3.06. The third-order valence-electron chi connectivity index (χ3n) is 3.29. The first-order valence-corrected chi connectivity index (χ1v) is 5.81. The maximum absolute atomic E-state index is 9.59. The Bertz CT molecular complexity index is 390. The minimum atomic E-state index is 0.381.